The molecule has 4 aromatic rings. The van der Waals surface area contributed by atoms with E-state index < -0.39 is 0 Å². The summed E-state index contributed by atoms with van der Waals surface area (Å²) in [5.74, 6) is 0.0799. The van der Waals surface area contributed by atoms with Gasteiger partial charge in [-0.15, -0.1) is 0 Å². The Morgan fingerprint density at radius 3 is 1.70 bits per heavy atom. The molecule has 0 aliphatic rings. The van der Waals surface area contributed by atoms with Crippen LogP contribution in [0.15, 0.2) is 18.2 Å². The zero-order valence-corrected chi connectivity index (χ0v) is 13.6. The Morgan fingerprint density at radius 1 is 0.630 bits per heavy atom. The minimum atomic E-state index is 0.0336. The van der Waals surface area contributed by atoms with Gasteiger partial charge in [-0.05, 0) is 18.2 Å². The molecule has 9 nitrogen and oxygen atoms in total. The number of anilines is 3. The minimum Gasteiger partial charge on any atom is -0.396 e. The normalized spacial score (nSPS) is 10.6. The second-order valence-corrected chi connectivity index (χ2v) is 5.79. The number of aromatic nitrogens is 3. The van der Waals surface area contributed by atoms with Crippen LogP contribution in [0.3, 0.4) is 0 Å². The molecule has 0 radical (unpaired) electrons. The number of rotatable bonds is 0. The number of nitrogens with two attached hydrogens (primary N) is 3. The van der Waals surface area contributed by atoms with E-state index in [9.17, 15) is 15.8 Å². The number of nitrogens with zero attached hydrogens (tertiary/aromatic N) is 6. The SMILES string of the molecule is N#Cc1cc2c3cc(N)c(C#N)nc3c3cc(C#N)c(N)nc3c2nc1N. The van der Waals surface area contributed by atoms with Crippen molar-refractivity contribution < 1.29 is 0 Å². The van der Waals surface area contributed by atoms with E-state index in [1.165, 1.54) is 0 Å². The first-order valence-corrected chi connectivity index (χ1v) is 7.61. The van der Waals surface area contributed by atoms with Crippen molar-refractivity contribution in [3.05, 3.63) is 35.0 Å². The summed E-state index contributed by atoms with van der Waals surface area (Å²) in [5.41, 5.74) is 19.4. The molecule has 0 unspecified atom stereocenters. The van der Waals surface area contributed by atoms with Crippen molar-refractivity contribution in [1.29, 1.82) is 15.8 Å². The Labute approximate surface area is 151 Å². The van der Waals surface area contributed by atoms with Crippen LogP contribution in [0.4, 0.5) is 17.3 Å². The Morgan fingerprint density at radius 2 is 1.15 bits per heavy atom. The van der Waals surface area contributed by atoms with E-state index in [1.54, 1.807) is 18.2 Å². The maximum atomic E-state index is 9.29. The molecule has 9 heteroatoms. The number of hydrogen-bond donors (Lipinski definition) is 3. The Kier molecular flexibility index (Phi) is 3.17. The van der Waals surface area contributed by atoms with Gasteiger partial charge in [-0.25, -0.2) is 15.0 Å². The predicted molar refractivity (Wildman–Crippen MR) is 99.7 cm³/mol. The lowest BCUT2D eigenvalue weighted by Crippen LogP contribution is -2.02. The average Bonchev–Trinajstić information content (AvgIpc) is 2.67. The summed E-state index contributed by atoms with van der Waals surface area (Å²) in [5, 5.41) is 29.4. The summed E-state index contributed by atoms with van der Waals surface area (Å²) in [4.78, 5) is 12.9. The van der Waals surface area contributed by atoms with Gasteiger partial charge >= 0.3 is 0 Å². The molecule has 3 aromatic heterocycles. The zero-order valence-electron chi connectivity index (χ0n) is 13.6. The smallest absolute Gasteiger partial charge is 0.164 e. The fraction of sp³-hybridized carbons (Fsp3) is 0. The van der Waals surface area contributed by atoms with Gasteiger partial charge in [0.25, 0.3) is 0 Å². The summed E-state index contributed by atoms with van der Waals surface area (Å²) in [7, 11) is 0. The maximum absolute atomic E-state index is 9.29. The summed E-state index contributed by atoms with van der Waals surface area (Å²) in [6, 6.07) is 10.6. The third kappa shape index (κ3) is 2.12. The van der Waals surface area contributed by atoms with E-state index in [1.807, 2.05) is 18.2 Å². The highest BCUT2D eigenvalue weighted by molar-refractivity contribution is 6.23. The first kappa shape index (κ1) is 15.8. The van der Waals surface area contributed by atoms with Crippen molar-refractivity contribution in [2.24, 2.45) is 0 Å². The Balaban J connectivity index is 2.39. The second-order valence-electron chi connectivity index (χ2n) is 5.79. The number of hydrogen-bond acceptors (Lipinski definition) is 9. The van der Waals surface area contributed by atoms with E-state index in [2.05, 4.69) is 15.0 Å². The lowest BCUT2D eigenvalue weighted by atomic mass is 10.0. The van der Waals surface area contributed by atoms with Crippen molar-refractivity contribution >= 4 is 50.0 Å². The predicted octanol–water partition coefficient (Wildman–Crippen LogP) is 1.69. The summed E-state index contributed by atoms with van der Waals surface area (Å²) in [6.45, 7) is 0. The fourth-order valence-electron chi connectivity index (χ4n) is 3.01. The fourth-order valence-corrected chi connectivity index (χ4v) is 3.01. The van der Waals surface area contributed by atoms with Gasteiger partial charge in [0.15, 0.2) is 5.69 Å². The van der Waals surface area contributed by atoms with Crippen molar-refractivity contribution in [2.45, 2.75) is 0 Å². The second kappa shape index (κ2) is 5.41. The lowest BCUT2D eigenvalue weighted by Gasteiger charge is -2.12. The maximum Gasteiger partial charge on any atom is 0.164 e. The molecule has 0 aliphatic carbocycles. The van der Waals surface area contributed by atoms with E-state index >= 15 is 0 Å². The Bertz CT molecular complexity index is 1430. The molecule has 0 amide bonds. The first-order valence-electron chi connectivity index (χ1n) is 7.61. The molecule has 0 bridgehead atoms. The van der Waals surface area contributed by atoms with Crippen molar-refractivity contribution in [1.82, 2.24) is 15.0 Å². The van der Waals surface area contributed by atoms with E-state index in [0.717, 1.165) is 0 Å². The third-order valence-corrected chi connectivity index (χ3v) is 4.27. The molecule has 0 saturated carbocycles. The third-order valence-electron chi connectivity index (χ3n) is 4.27. The summed E-state index contributed by atoms with van der Waals surface area (Å²) >= 11 is 0. The van der Waals surface area contributed by atoms with Gasteiger partial charge in [-0.2, -0.15) is 15.8 Å². The van der Waals surface area contributed by atoms with Crippen molar-refractivity contribution in [2.75, 3.05) is 17.2 Å². The molecule has 0 atom stereocenters. The van der Waals surface area contributed by atoms with Gasteiger partial charge < -0.3 is 17.2 Å². The van der Waals surface area contributed by atoms with Crippen LogP contribution in [0, 0.1) is 34.0 Å². The molecule has 27 heavy (non-hydrogen) atoms. The molecule has 126 valence electrons. The Hall–Kier alpha value is -4.68. The molecule has 0 spiro atoms. The molecule has 4 rings (SSSR count). The standard InChI is InChI=1S/C18H9N9/c19-4-7-1-9-10-3-12(22)13(6-21)25-14(10)11-2-8(5-20)18(24)27-16(11)15(9)26-17(7)23/h1-3H,22H2,(H2,23,26)(H2,24,27). The molecule has 3 heterocycles. The van der Waals surface area contributed by atoms with Crippen molar-refractivity contribution in [3.63, 3.8) is 0 Å². The van der Waals surface area contributed by atoms with Gasteiger partial charge in [0.1, 0.15) is 35.4 Å². The highest BCUT2D eigenvalue weighted by Crippen LogP contribution is 2.36. The number of nitrogen functional groups attached to an aromatic ring is 3. The van der Waals surface area contributed by atoms with Gasteiger partial charge in [0.2, 0.25) is 0 Å². The quantitative estimate of drug-likeness (QED) is 0.396. The molecule has 0 aliphatic heterocycles. The van der Waals surface area contributed by atoms with E-state index in [0.29, 0.717) is 32.7 Å². The molecular formula is C18H9N9. The average molecular weight is 351 g/mol. The van der Waals surface area contributed by atoms with E-state index in [-0.39, 0.29) is 34.1 Å². The first-order chi connectivity index (χ1) is 13.0. The highest BCUT2D eigenvalue weighted by atomic mass is 14.9. The van der Waals surface area contributed by atoms with Crippen LogP contribution in [-0.2, 0) is 0 Å². The summed E-state index contributed by atoms with van der Waals surface area (Å²) < 4.78 is 0. The van der Waals surface area contributed by atoms with E-state index in [4.69, 9.17) is 17.2 Å². The van der Waals surface area contributed by atoms with Crippen LogP contribution in [0.5, 0.6) is 0 Å². The summed E-state index contributed by atoms with van der Waals surface area (Å²) in [6.07, 6.45) is 0. The van der Waals surface area contributed by atoms with Crippen LogP contribution < -0.4 is 17.2 Å². The van der Waals surface area contributed by atoms with Gasteiger partial charge in [-0.3, -0.25) is 0 Å². The number of benzene rings is 1. The number of nitriles is 3. The van der Waals surface area contributed by atoms with Crippen LogP contribution in [0.1, 0.15) is 16.8 Å². The van der Waals surface area contributed by atoms with Crippen LogP contribution in [-0.4, -0.2) is 15.0 Å². The molecule has 1 aromatic carbocycles. The highest BCUT2D eigenvalue weighted by Gasteiger charge is 2.18. The zero-order chi connectivity index (χ0) is 19.3. The molecule has 0 fully saturated rings. The monoisotopic (exact) mass is 351 g/mol. The number of fused-ring (bicyclic) bond motifs is 6. The molecular weight excluding hydrogens is 342 g/mol. The van der Waals surface area contributed by atoms with Crippen molar-refractivity contribution in [3.8, 4) is 18.2 Å². The van der Waals surface area contributed by atoms with Crippen LogP contribution >= 0.6 is 0 Å². The topological polar surface area (TPSA) is 188 Å². The van der Waals surface area contributed by atoms with Crippen LogP contribution in [0.2, 0.25) is 0 Å². The number of pyridine rings is 3. The molecule has 0 saturated heterocycles. The lowest BCUT2D eigenvalue weighted by molar-refractivity contribution is 1.32. The largest absolute Gasteiger partial charge is 0.396 e. The van der Waals surface area contributed by atoms with Gasteiger partial charge in [0, 0.05) is 16.2 Å². The van der Waals surface area contributed by atoms with Crippen LogP contribution in [0.25, 0.3) is 32.7 Å². The van der Waals surface area contributed by atoms with Gasteiger partial charge in [0.05, 0.1) is 27.8 Å². The minimum absolute atomic E-state index is 0.0336. The molecule has 6 N–H and O–H groups in total. The van der Waals surface area contributed by atoms with Gasteiger partial charge in [-0.1, -0.05) is 0 Å².